The van der Waals surface area contributed by atoms with Crippen LogP contribution in [0.5, 0.6) is 0 Å². The number of carbonyl (C=O) groups excluding carboxylic acids is 1. The maximum absolute atomic E-state index is 12.5. The van der Waals surface area contributed by atoms with Crippen LogP contribution in [0.15, 0.2) is 54.1 Å². The summed E-state index contributed by atoms with van der Waals surface area (Å²) in [5.41, 5.74) is 2.42. The lowest BCUT2D eigenvalue weighted by molar-refractivity contribution is -0.117. The van der Waals surface area contributed by atoms with Gasteiger partial charge in [-0.25, -0.2) is 9.97 Å². The van der Waals surface area contributed by atoms with Crippen LogP contribution in [0.2, 0.25) is 0 Å². The van der Waals surface area contributed by atoms with E-state index in [-0.39, 0.29) is 22.8 Å². The molecule has 158 valence electrons. The molecule has 3 heterocycles. The average molecular weight is 437 g/mol. The summed E-state index contributed by atoms with van der Waals surface area (Å²) in [6, 6.07) is 8.71. The molecule has 0 bridgehead atoms. The van der Waals surface area contributed by atoms with Crippen LogP contribution in [0.1, 0.15) is 12.8 Å². The van der Waals surface area contributed by atoms with E-state index in [0.29, 0.717) is 17.0 Å². The zero-order chi connectivity index (χ0) is 21.6. The van der Waals surface area contributed by atoms with Crippen molar-refractivity contribution in [1.29, 1.82) is 0 Å². The number of nitrogens with zero attached hydrogens (tertiary/aromatic N) is 4. The topological polar surface area (TPSA) is 135 Å². The van der Waals surface area contributed by atoms with E-state index in [1.807, 2.05) is 6.07 Å². The predicted molar refractivity (Wildman–Crippen MR) is 115 cm³/mol. The first-order valence-electron chi connectivity index (χ1n) is 9.66. The molecule has 0 unspecified atom stereocenters. The molecule has 5 rings (SSSR count). The molecule has 3 aromatic heterocycles. The van der Waals surface area contributed by atoms with Crippen molar-refractivity contribution in [2.75, 3.05) is 10.0 Å². The third-order valence-electron chi connectivity index (χ3n) is 5.06. The second-order valence-electron chi connectivity index (χ2n) is 7.42. The number of fused-ring (bicyclic) bond motifs is 1. The van der Waals surface area contributed by atoms with Gasteiger partial charge < -0.3 is 9.55 Å². The first-order chi connectivity index (χ1) is 14.9. The van der Waals surface area contributed by atoms with Gasteiger partial charge in [-0.2, -0.15) is 13.4 Å². The highest BCUT2D eigenvalue weighted by atomic mass is 32.2. The molecular weight excluding hydrogens is 418 g/mol. The van der Waals surface area contributed by atoms with Gasteiger partial charge in [0.15, 0.2) is 5.03 Å². The van der Waals surface area contributed by atoms with Crippen molar-refractivity contribution in [3.63, 3.8) is 0 Å². The van der Waals surface area contributed by atoms with E-state index in [2.05, 4.69) is 30.0 Å². The number of hydrogen-bond donors (Lipinski definition) is 3. The summed E-state index contributed by atoms with van der Waals surface area (Å²) >= 11 is 0. The van der Waals surface area contributed by atoms with Crippen molar-refractivity contribution in [2.24, 2.45) is 13.0 Å². The lowest BCUT2D eigenvalue weighted by atomic mass is 10.1. The summed E-state index contributed by atoms with van der Waals surface area (Å²) in [7, 11) is -2.14. The number of amides is 1. The number of aryl methyl sites for hydroxylation is 1. The number of rotatable bonds is 6. The molecule has 0 saturated heterocycles. The Morgan fingerprint density at radius 1 is 1.16 bits per heavy atom. The van der Waals surface area contributed by atoms with Crippen LogP contribution >= 0.6 is 0 Å². The van der Waals surface area contributed by atoms with Gasteiger partial charge in [0, 0.05) is 35.8 Å². The number of sulfonamides is 1. The molecule has 0 radical (unpaired) electrons. The number of H-pyrrole nitrogens is 1. The van der Waals surface area contributed by atoms with Crippen molar-refractivity contribution < 1.29 is 13.2 Å². The minimum Gasteiger partial charge on any atom is -0.346 e. The Balaban J connectivity index is 1.44. The van der Waals surface area contributed by atoms with Crippen LogP contribution in [0, 0.1) is 5.92 Å². The first kappa shape index (κ1) is 19.2. The Bertz CT molecular complexity index is 1390. The maximum atomic E-state index is 12.5. The van der Waals surface area contributed by atoms with Gasteiger partial charge in [0.25, 0.3) is 10.0 Å². The Kier molecular flexibility index (Phi) is 4.47. The number of carbonyl (C=O) groups is 1. The number of aromatic amines is 1. The third-order valence-corrected chi connectivity index (χ3v) is 6.51. The van der Waals surface area contributed by atoms with Gasteiger partial charge in [0.1, 0.15) is 5.65 Å². The molecule has 0 aliphatic heterocycles. The fourth-order valence-electron chi connectivity index (χ4n) is 3.28. The molecular formula is C20H19N7O3S. The summed E-state index contributed by atoms with van der Waals surface area (Å²) in [6.45, 7) is 0. The third kappa shape index (κ3) is 3.75. The quantitative estimate of drug-likeness (QED) is 0.424. The first-order valence-corrected chi connectivity index (χ1v) is 11.1. The normalized spacial score (nSPS) is 14.0. The molecule has 0 spiro atoms. The number of benzene rings is 1. The van der Waals surface area contributed by atoms with E-state index >= 15 is 0 Å². The molecule has 11 heteroatoms. The Labute approximate surface area is 177 Å². The Morgan fingerprint density at radius 2 is 1.94 bits per heavy atom. The average Bonchev–Trinajstić information content (AvgIpc) is 3.33. The smallest absolute Gasteiger partial charge is 0.279 e. The largest absolute Gasteiger partial charge is 0.346 e. The minimum atomic E-state index is -3.75. The molecule has 1 aliphatic carbocycles. The number of imidazole rings is 1. The maximum Gasteiger partial charge on any atom is 0.279 e. The molecule has 1 aromatic carbocycles. The van der Waals surface area contributed by atoms with Crippen LogP contribution < -0.4 is 10.0 Å². The predicted octanol–water partition coefficient (Wildman–Crippen LogP) is 2.51. The van der Waals surface area contributed by atoms with E-state index in [4.69, 9.17) is 0 Å². The number of hydrogen-bond acceptors (Lipinski definition) is 6. The van der Waals surface area contributed by atoms with Crippen LogP contribution in [-0.2, 0) is 21.9 Å². The number of aromatic nitrogens is 5. The van der Waals surface area contributed by atoms with Crippen LogP contribution in [-0.4, -0.2) is 38.8 Å². The molecule has 10 nitrogen and oxygen atoms in total. The summed E-state index contributed by atoms with van der Waals surface area (Å²) < 4.78 is 29.1. The summed E-state index contributed by atoms with van der Waals surface area (Å²) in [5.74, 6) is 0.206. The van der Waals surface area contributed by atoms with Gasteiger partial charge in [0.2, 0.25) is 11.9 Å². The van der Waals surface area contributed by atoms with Crippen molar-refractivity contribution >= 4 is 38.6 Å². The monoisotopic (exact) mass is 437 g/mol. The molecule has 4 aromatic rings. The van der Waals surface area contributed by atoms with E-state index in [0.717, 1.165) is 23.8 Å². The standard InChI is InChI=1S/C20H19N7O3S/c1-27-11-21-10-16(27)31(29,30)26-14-6-4-12(5-7-14)17-15-8-9-22-18(15)24-20(23-17)25-19(28)13-2-3-13/h4-11,13,26H,2-3H2,1H3,(H2,22,23,24,25,28). The lowest BCUT2D eigenvalue weighted by Gasteiger charge is -2.10. The van der Waals surface area contributed by atoms with Crippen molar-refractivity contribution in [1.82, 2.24) is 24.5 Å². The highest BCUT2D eigenvalue weighted by molar-refractivity contribution is 7.92. The second kappa shape index (κ2) is 7.20. The van der Waals surface area contributed by atoms with Crippen LogP contribution in [0.25, 0.3) is 22.3 Å². The Morgan fingerprint density at radius 3 is 2.61 bits per heavy atom. The fourth-order valence-corrected chi connectivity index (χ4v) is 4.46. The minimum absolute atomic E-state index is 0.0399. The van der Waals surface area contributed by atoms with Crippen LogP contribution in [0.4, 0.5) is 11.6 Å². The van der Waals surface area contributed by atoms with E-state index in [9.17, 15) is 13.2 Å². The van der Waals surface area contributed by atoms with Crippen molar-refractivity contribution in [2.45, 2.75) is 17.9 Å². The zero-order valence-electron chi connectivity index (χ0n) is 16.5. The molecule has 1 amide bonds. The van der Waals surface area contributed by atoms with Gasteiger partial charge in [-0.05, 0) is 31.0 Å². The van der Waals surface area contributed by atoms with Gasteiger partial charge in [-0.15, -0.1) is 0 Å². The molecule has 1 fully saturated rings. The van der Waals surface area contributed by atoms with Gasteiger partial charge in [-0.1, -0.05) is 12.1 Å². The van der Waals surface area contributed by atoms with Gasteiger partial charge >= 0.3 is 0 Å². The highest BCUT2D eigenvalue weighted by Crippen LogP contribution is 2.31. The number of anilines is 2. The number of nitrogens with one attached hydrogen (secondary N) is 3. The molecule has 1 saturated carbocycles. The van der Waals surface area contributed by atoms with Crippen molar-refractivity contribution in [3.8, 4) is 11.3 Å². The van der Waals surface area contributed by atoms with E-state index in [1.165, 1.54) is 17.1 Å². The zero-order valence-corrected chi connectivity index (χ0v) is 17.3. The summed E-state index contributed by atoms with van der Waals surface area (Å²) in [5, 5.41) is 3.64. The fraction of sp³-hybridized carbons (Fsp3) is 0.200. The second-order valence-corrected chi connectivity index (χ2v) is 9.05. The molecule has 1 aliphatic rings. The molecule has 0 atom stereocenters. The van der Waals surface area contributed by atoms with E-state index < -0.39 is 10.0 Å². The van der Waals surface area contributed by atoms with E-state index in [1.54, 1.807) is 37.5 Å². The Hall–Kier alpha value is -3.73. The van der Waals surface area contributed by atoms with Crippen LogP contribution in [0.3, 0.4) is 0 Å². The molecule has 31 heavy (non-hydrogen) atoms. The SMILES string of the molecule is Cn1cncc1S(=O)(=O)Nc1ccc(-c2nc(NC(=O)C3CC3)nc3[nH]ccc23)cc1. The lowest BCUT2D eigenvalue weighted by Crippen LogP contribution is -2.16. The summed E-state index contributed by atoms with van der Waals surface area (Å²) in [4.78, 5) is 27.9. The van der Waals surface area contributed by atoms with Crippen molar-refractivity contribution in [3.05, 3.63) is 49.1 Å². The molecule has 3 N–H and O–H groups in total. The summed E-state index contributed by atoms with van der Waals surface area (Å²) in [6.07, 6.45) is 6.25. The highest BCUT2D eigenvalue weighted by Gasteiger charge is 2.30. The van der Waals surface area contributed by atoms with Gasteiger partial charge in [0.05, 0.1) is 18.2 Å². The van der Waals surface area contributed by atoms with Gasteiger partial charge in [-0.3, -0.25) is 14.8 Å².